The molecule has 0 atom stereocenters. The van der Waals surface area contributed by atoms with Crippen molar-refractivity contribution in [3.8, 4) is 11.3 Å². The number of nitrogens with zero attached hydrogens (tertiary/aromatic N) is 2. The van der Waals surface area contributed by atoms with Crippen LogP contribution < -0.4 is 4.53 Å². The quantitative estimate of drug-likeness (QED) is 0.441. The molecular formula is C21H22GeN2O. The van der Waals surface area contributed by atoms with Gasteiger partial charge in [0.1, 0.15) is 0 Å². The molecule has 0 saturated carbocycles. The Labute approximate surface area is 150 Å². The third-order valence-electron chi connectivity index (χ3n) is 4.52. The van der Waals surface area contributed by atoms with Crippen molar-refractivity contribution in [2.45, 2.75) is 31.1 Å². The second-order valence-electron chi connectivity index (χ2n) is 7.81. The van der Waals surface area contributed by atoms with Crippen LogP contribution in [0.3, 0.4) is 0 Å². The fourth-order valence-electron chi connectivity index (χ4n) is 3.32. The molecule has 3 aromatic heterocycles. The average molecular weight is 391 g/mol. The Balaban J connectivity index is 2.01. The number of rotatable bonds is 2. The zero-order chi connectivity index (χ0) is 17.8. The first-order chi connectivity index (χ1) is 11.8. The van der Waals surface area contributed by atoms with Gasteiger partial charge in [-0.2, -0.15) is 0 Å². The minimum absolute atomic E-state index is 0.728. The standard InChI is InChI=1S/C21H22GeN2O/c1-13-10-14(2)12-15(11-13)19-20-16(8-9-23-19)17-6-7-18(22(3,4)5)24-21(17)25-20/h6-12H,1-5H3. The van der Waals surface area contributed by atoms with Crippen molar-refractivity contribution in [1.29, 1.82) is 0 Å². The van der Waals surface area contributed by atoms with Crippen LogP contribution in [-0.2, 0) is 0 Å². The monoisotopic (exact) mass is 392 g/mol. The Morgan fingerprint density at radius 3 is 2.28 bits per heavy atom. The number of hydrogen-bond donors (Lipinski definition) is 0. The third-order valence-corrected chi connectivity index (χ3v) is 8.33. The molecule has 0 amide bonds. The molecule has 4 rings (SSSR count). The van der Waals surface area contributed by atoms with Gasteiger partial charge < -0.3 is 0 Å². The second-order valence-corrected chi connectivity index (χ2v) is 18.3. The summed E-state index contributed by atoms with van der Waals surface area (Å²) in [6.07, 6.45) is 1.86. The van der Waals surface area contributed by atoms with Crippen LogP contribution in [0.5, 0.6) is 0 Å². The van der Waals surface area contributed by atoms with Crippen molar-refractivity contribution >= 4 is 39.9 Å². The molecule has 4 heteroatoms. The fraction of sp³-hybridized carbons (Fsp3) is 0.238. The number of hydrogen-bond acceptors (Lipinski definition) is 3. The van der Waals surface area contributed by atoms with Gasteiger partial charge in [0.15, 0.2) is 0 Å². The normalized spacial score (nSPS) is 12.2. The molecule has 25 heavy (non-hydrogen) atoms. The van der Waals surface area contributed by atoms with Crippen LogP contribution in [0.15, 0.2) is 47.0 Å². The van der Waals surface area contributed by atoms with Crippen molar-refractivity contribution in [3.05, 3.63) is 53.7 Å². The summed E-state index contributed by atoms with van der Waals surface area (Å²) in [5, 5.41) is 2.15. The molecule has 0 spiro atoms. The fourth-order valence-corrected chi connectivity index (χ4v) is 5.46. The van der Waals surface area contributed by atoms with E-state index in [4.69, 9.17) is 9.40 Å². The number of pyridine rings is 2. The van der Waals surface area contributed by atoms with Crippen molar-refractivity contribution in [2.75, 3.05) is 0 Å². The molecule has 126 valence electrons. The van der Waals surface area contributed by atoms with Crippen LogP contribution in [0.25, 0.3) is 33.3 Å². The molecular weight excluding hydrogens is 369 g/mol. The van der Waals surface area contributed by atoms with Gasteiger partial charge in [-0.3, -0.25) is 0 Å². The topological polar surface area (TPSA) is 38.9 Å². The van der Waals surface area contributed by atoms with Crippen molar-refractivity contribution in [2.24, 2.45) is 0 Å². The summed E-state index contributed by atoms with van der Waals surface area (Å²) in [5.41, 5.74) is 5.99. The number of benzene rings is 1. The summed E-state index contributed by atoms with van der Waals surface area (Å²) in [4.78, 5) is 9.46. The Kier molecular flexibility index (Phi) is 3.72. The average Bonchev–Trinajstić information content (AvgIpc) is 2.90. The molecule has 0 fully saturated rings. The third kappa shape index (κ3) is 2.87. The zero-order valence-corrected chi connectivity index (χ0v) is 17.4. The first-order valence-corrected chi connectivity index (χ1v) is 15.9. The van der Waals surface area contributed by atoms with Gasteiger partial charge in [0.05, 0.1) is 0 Å². The van der Waals surface area contributed by atoms with Crippen LogP contribution in [0.2, 0.25) is 17.3 Å². The van der Waals surface area contributed by atoms with Crippen LogP contribution in [0.4, 0.5) is 0 Å². The van der Waals surface area contributed by atoms with Gasteiger partial charge in [-0.15, -0.1) is 0 Å². The summed E-state index contributed by atoms with van der Waals surface area (Å²) in [5.74, 6) is 7.04. The summed E-state index contributed by atoms with van der Waals surface area (Å²) in [6, 6.07) is 12.8. The van der Waals surface area contributed by atoms with Crippen LogP contribution in [0, 0.1) is 13.8 Å². The van der Waals surface area contributed by atoms with E-state index in [1.807, 2.05) is 12.3 Å². The Morgan fingerprint density at radius 1 is 0.880 bits per heavy atom. The first kappa shape index (κ1) is 16.3. The van der Waals surface area contributed by atoms with Gasteiger partial charge >= 0.3 is 150 Å². The van der Waals surface area contributed by atoms with Crippen LogP contribution in [0.1, 0.15) is 11.1 Å². The van der Waals surface area contributed by atoms with E-state index in [2.05, 4.69) is 66.4 Å². The minimum atomic E-state index is -1.99. The maximum absolute atomic E-state index is 6.21. The van der Waals surface area contributed by atoms with Gasteiger partial charge in [-0.1, -0.05) is 0 Å². The van der Waals surface area contributed by atoms with E-state index < -0.39 is 13.3 Å². The van der Waals surface area contributed by atoms with Gasteiger partial charge in [-0.25, -0.2) is 0 Å². The van der Waals surface area contributed by atoms with Gasteiger partial charge in [0.25, 0.3) is 0 Å². The second kappa shape index (κ2) is 5.70. The molecule has 0 unspecified atom stereocenters. The van der Waals surface area contributed by atoms with E-state index in [9.17, 15) is 0 Å². The predicted octanol–water partition coefficient (Wildman–Crippen LogP) is 5.21. The number of aryl methyl sites for hydroxylation is 2. The van der Waals surface area contributed by atoms with Gasteiger partial charge in [0, 0.05) is 0 Å². The molecule has 0 saturated heterocycles. The maximum atomic E-state index is 6.21. The van der Waals surface area contributed by atoms with Crippen LogP contribution in [-0.4, -0.2) is 23.2 Å². The number of furan rings is 1. The molecule has 0 aliphatic rings. The van der Waals surface area contributed by atoms with E-state index in [-0.39, 0.29) is 0 Å². The number of aromatic nitrogens is 2. The van der Waals surface area contributed by atoms with E-state index in [0.29, 0.717) is 0 Å². The van der Waals surface area contributed by atoms with Crippen molar-refractivity contribution in [3.63, 3.8) is 0 Å². The molecule has 3 heterocycles. The van der Waals surface area contributed by atoms with Crippen LogP contribution >= 0.6 is 0 Å². The van der Waals surface area contributed by atoms with E-state index in [1.165, 1.54) is 15.7 Å². The SMILES string of the molecule is Cc1cc(C)cc(-c2nccc3c2oc2n[c]([Ge]([CH3])([CH3])[CH3])ccc23)c1. The van der Waals surface area contributed by atoms with E-state index >= 15 is 0 Å². The van der Waals surface area contributed by atoms with E-state index in [1.54, 1.807) is 0 Å². The predicted molar refractivity (Wildman–Crippen MR) is 107 cm³/mol. The molecule has 0 bridgehead atoms. The summed E-state index contributed by atoms with van der Waals surface area (Å²) in [7, 11) is 0. The van der Waals surface area contributed by atoms with Crippen molar-refractivity contribution in [1.82, 2.24) is 9.97 Å². The summed E-state index contributed by atoms with van der Waals surface area (Å²) in [6.45, 7) is 4.22. The number of fused-ring (bicyclic) bond motifs is 3. The molecule has 0 radical (unpaired) electrons. The zero-order valence-electron chi connectivity index (χ0n) is 15.3. The Bertz CT molecular complexity index is 1090. The van der Waals surface area contributed by atoms with Gasteiger partial charge in [-0.05, 0) is 0 Å². The summed E-state index contributed by atoms with van der Waals surface area (Å²) < 4.78 is 7.43. The molecule has 0 N–H and O–H groups in total. The molecule has 1 aromatic carbocycles. The molecule has 0 aliphatic heterocycles. The molecule has 4 aromatic rings. The van der Waals surface area contributed by atoms with E-state index in [0.717, 1.165) is 33.3 Å². The first-order valence-electron chi connectivity index (χ1n) is 8.60. The van der Waals surface area contributed by atoms with Crippen molar-refractivity contribution < 1.29 is 4.42 Å². The molecule has 0 aliphatic carbocycles. The summed E-state index contributed by atoms with van der Waals surface area (Å²) >= 11 is -1.99. The molecule has 3 nitrogen and oxygen atoms in total. The Hall–Kier alpha value is -2.14. The Morgan fingerprint density at radius 2 is 1.60 bits per heavy atom. The van der Waals surface area contributed by atoms with Gasteiger partial charge in [0.2, 0.25) is 0 Å².